The molecule has 0 amide bonds. The van der Waals surface area contributed by atoms with Crippen molar-refractivity contribution in [3.63, 3.8) is 0 Å². The van der Waals surface area contributed by atoms with E-state index in [2.05, 4.69) is 23.9 Å². The first-order chi connectivity index (χ1) is 9.85. The monoisotopic (exact) mass is 305 g/mol. The van der Waals surface area contributed by atoms with E-state index in [-0.39, 0.29) is 17.6 Å². The van der Waals surface area contributed by atoms with E-state index in [0.717, 1.165) is 12.8 Å². The molecule has 3 nitrogen and oxygen atoms in total. The molecule has 0 aliphatic heterocycles. The Balaban J connectivity index is 2.61. The molecule has 0 spiro atoms. The van der Waals surface area contributed by atoms with E-state index in [1.165, 1.54) is 18.2 Å². The maximum atomic E-state index is 12.3. The van der Waals surface area contributed by atoms with Gasteiger partial charge in [0.05, 0.1) is 0 Å². The lowest BCUT2D eigenvalue weighted by atomic mass is 10.1. The van der Waals surface area contributed by atoms with Crippen LogP contribution in [-0.2, 0) is 0 Å². The molecule has 1 N–H and O–H groups in total. The highest BCUT2D eigenvalue weighted by Gasteiger charge is 2.32. The van der Waals surface area contributed by atoms with Gasteiger partial charge in [-0.1, -0.05) is 26.0 Å². The van der Waals surface area contributed by atoms with Crippen LogP contribution >= 0.6 is 0 Å². The van der Waals surface area contributed by atoms with Gasteiger partial charge in [-0.25, -0.2) is 0 Å². The van der Waals surface area contributed by atoms with Crippen molar-refractivity contribution in [3.8, 4) is 11.5 Å². The number of para-hydroxylation sites is 2. The fourth-order valence-electron chi connectivity index (χ4n) is 1.92. The van der Waals surface area contributed by atoms with Gasteiger partial charge in [0.2, 0.25) is 0 Å². The van der Waals surface area contributed by atoms with Crippen LogP contribution in [0.1, 0.15) is 33.6 Å². The Bertz CT molecular complexity index is 420. The summed E-state index contributed by atoms with van der Waals surface area (Å²) in [7, 11) is 0. The Labute approximate surface area is 123 Å². The van der Waals surface area contributed by atoms with Crippen molar-refractivity contribution in [2.45, 2.75) is 52.1 Å². The number of rotatable bonds is 8. The normalized spacial score (nSPS) is 13.3. The van der Waals surface area contributed by atoms with Gasteiger partial charge in [-0.05, 0) is 31.9 Å². The first kappa shape index (κ1) is 17.6. The lowest BCUT2D eigenvalue weighted by Crippen LogP contribution is -2.36. The molecule has 1 atom stereocenters. The van der Waals surface area contributed by atoms with Crippen LogP contribution in [0.25, 0.3) is 0 Å². The highest BCUT2D eigenvalue weighted by molar-refractivity contribution is 5.39. The van der Waals surface area contributed by atoms with Gasteiger partial charge in [-0.15, -0.1) is 13.2 Å². The molecule has 0 radical (unpaired) electrons. The molecule has 120 valence electrons. The number of hydrogen-bond acceptors (Lipinski definition) is 3. The second-order valence-corrected chi connectivity index (χ2v) is 4.84. The molecule has 0 aliphatic rings. The van der Waals surface area contributed by atoms with Gasteiger partial charge < -0.3 is 14.8 Å². The fraction of sp³-hybridized carbons (Fsp3) is 0.600. The van der Waals surface area contributed by atoms with Crippen LogP contribution in [0.5, 0.6) is 11.5 Å². The van der Waals surface area contributed by atoms with Crippen molar-refractivity contribution in [1.29, 1.82) is 0 Å². The Morgan fingerprint density at radius 1 is 1.10 bits per heavy atom. The summed E-state index contributed by atoms with van der Waals surface area (Å²) in [6.07, 6.45) is -2.99. The predicted molar refractivity (Wildman–Crippen MR) is 75.6 cm³/mol. The van der Waals surface area contributed by atoms with Gasteiger partial charge in [-0.3, -0.25) is 0 Å². The minimum Gasteiger partial charge on any atom is -0.485 e. The molecule has 6 heteroatoms. The van der Waals surface area contributed by atoms with Crippen molar-refractivity contribution in [1.82, 2.24) is 5.32 Å². The molecule has 0 aliphatic carbocycles. The third-order valence-corrected chi connectivity index (χ3v) is 3.08. The number of ether oxygens (including phenoxy) is 2. The second kappa shape index (κ2) is 8.12. The summed E-state index contributed by atoms with van der Waals surface area (Å²) in [6, 6.07) is 6.18. The molecule has 21 heavy (non-hydrogen) atoms. The van der Waals surface area contributed by atoms with Gasteiger partial charge in [0, 0.05) is 12.6 Å². The van der Waals surface area contributed by atoms with E-state index in [1.807, 2.05) is 0 Å². The van der Waals surface area contributed by atoms with Crippen LogP contribution in [0.3, 0.4) is 0 Å². The molecular formula is C15H22F3NO2. The summed E-state index contributed by atoms with van der Waals surface area (Å²) in [5, 5.41) is 3.32. The second-order valence-electron chi connectivity index (χ2n) is 4.84. The number of nitrogens with one attached hydrogen (secondary N) is 1. The molecule has 0 fully saturated rings. The Hall–Kier alpha value is -1.43. The number of alkyl halides is 3. The van der Waals surface area contributed by atoms with Crippen molar-refractivity contribution >= 4 is 0 Å². The minimum atomic E-state index is -4.73. The molecule has 1 aromatic carbocycles. The average molecular weight is 305 g/mol. The molecular weight excluding hydrogens is 283 g/mol. The Kier molecular flexibility index (Phi) is 6.81. The third kappa shape index (κ3) is 6.71. The predicted octanol–water partition coefficient (Wildman–Crippen LogP) is 4.13. The summed E-state index contributed by atoms with van der Waals surface area (Å²) < 4.78 is 46.4. The molecule has 0 saturated heterocycles. The molecule has 1 aromatic rings. The van der Waals surface area contributed by atoms with E-state index < -0.39 is 6.36 Å². The third-order valence-electron chi connectivity index (χ3n) is 3.08. The SMILES string of the molecule is CCC(CC)NCC(C)Oc1ccccc1OC(F)(F)F. The van der Waals surface area contributed by atoms with Crippen LogP contribution in [0.4, 0.5) is 13.2 Å². The number of benzene rings is 1. The molecule has 0 aromatic heterocycles. The zero-order chi connectivity index (χ0) is 15.9. The quantitative estimate of drug-likeness (QED) is 0.783. The molecule has 0 bridgehead atoms. The van der Waals surface area contributed by atoms with Crippen LogP contribution in [0.15, 0.2) is 24.3 Å². The Morgan fingerprint density at radius 2 is 1.67 bits per heavy atom. The van der Waals surface area contributed by atoms with E-state index >= 15 is 0 Å². The van der Waals surface area contributed by atoms with E-state index in [1.54, 1.807) is 13.0 Å². The minimum absolute atomic E-state index is 0.0914. The van der Waals surface area contributed by atoms with Crippen molar-refractivity contribution in [2.24, 2.45) is 0 Å². The highest BCUT2D eigenvalue weighted by atomic mass is 19.4. The van der Waals surface area contributed by atoms with Gasteiger partial charge in [0.25, 0.3) is 0 Å². The lowest BCUT2D eigenvalue weighted by Gasteiger charge is -2.21. The molecule has 0 saturated carbocycles. The summed E-state index contributed by atoms with van der Waals surface area (Å²) in [5.74, 6) is -0.229. The summed E-state index contributed by atoms with van der Waals surface area (Å²) in [6.45, 7) is 6.53. The van der Waals surface area contributed by atoms with Gasteiger partial charge in [0.15, 0.2) is 11.5 Å². The molecule has 1 unspecified atom stereocenters. The Morgan fingerprint density at radius 3 is 2.19 bits per heavy atom. The lowest BCUT2D eigenvalue weighted by molar-refractivity contribution is -0.275. The molecule has 0 heterocycles. The zero-order valence-electron chi connectivity index (χ0n) is 12.5. The summed E-state index contributed by atoms with van der Waals surface area (Å²) in [5.41, 5.74) is 0. The van der Waals surface area contributed by atoms with Crippen LogP contribution in [0.2, 0.25) is 0 Å². The smallest absolute Gasteiger partial charge is 0.485 e. The van der Waals surface area contributed by atoms with Gasteiger partial charge >= 0.3 is 6.36 Å². The van der Waals surface area contributed by atoms with Crippen LogP contribution < -0.4 is 14.8 Å². The average Bonchev–Trinajstić information content (AvgIpc) is 2.40. The molecule has 1 rings (SSSR count). The van der Waals surface area contributed by atoms with Gasteiger partial charge in [-0.2, -0.15) is 0 Å². The highest BCUT2D eigenvalue weighted by Crippen LogP contribution is 2.32. The largest absolute Gasteiger partial charge is 0.573 e. The first-order valence-electron chi connectivity index (χ1n) is 7.10. The summed E-state index contributed by atoms with van der Waals surface area (Å²) in [4.78, 5) is 0. The van der Waals surface area contributed by atoms with Crippen molar-refractivity contribution in [2.75, 3.05) is 6.54 Å². The zero-order valence-corrected chi connectivity index (χ0v) is 12.5. The van der Waals surface area contributed by atoms with Gasteiger partial charge in [0.1, 0.15) is 6.10 Å². The van der Waals surface area contributed by atoms with E-state index in [4.69, 9.17) is 4.74 Å². The van der Waals surface area contributed by atoms with Crippen molar-refractivity contribution < 1.29 is 22.6 Å². The fourth-order valence-corrected chi connectivity index (χ4v) is 1.92. The standard InChI is InChI=1S/C15H22F3NO2/c1-4-12(5-2)19-10-11(3)20-13-8-6-7-9-14(13)21-15(16,17)18/h6-9,11-12,19H,4-5,10H2,1-3H3. The summed E-state index contributed by atoms with van der Waals surface area (Å²) >= 11 is 0. The first-order valence-corrected chi connectivity index (χ1v) is 7.10. The van der Waals surface area contributed by atoms with Crippen LogP contribution in [0, 0.1) is 0 Å². The van der Waals surface area contributed by atoms with E-state index in [9.17, 15) is 13.2 Å². The van der Waals surface area contributed by atoms with Crippen molar-refractivity contribution in [3.05, 3.63) is 24.3 Å². The van der Waals surface area contributed by atoms with Crippen LogP contribution in [-0.4, -0.2) is 25.1 Å². The number of halogens is 3. The van der Waals surface area contributed by atoms with E-state index in [0.29, 0.717) is 12.6 Å². The maximum absolute atomic E-state index is 12.3. The number of hydrogen-bond donors (Lipinski definition) is 1. The topological polar surface area (TPSA) is 30.5 Å². The maximum Gasteiger partial charge on any atom is 0.573 e.